The number of hydrazine groups is 1. The summed E-state index contributed by atoms with van der Waals surface area (Å²) < 4.78 is 7.01. The van der Waals surface area contributed by atoms with Gasteiger partial charge in [-0.3, -0.25) is 16.0 Å². The summed E-state index contributed by atoms with van der Waals surface area (Å²) >= 11 is 0. The second kappa shape index (κ2) is 5.98. The zero-order valence-electron chi connectivity index (χ0n) is 10.6. The maximum absolute atomic E-state index is 5.45. The van der Waals surface area contributed by atoms with E-state index >= 15 is 0 Å². The number of nitrogens with one attached hydrogen (secondary N) is 1. The van der Waals surface area contributed by atoms with Crippen molar-refractivity contribution in [3.05, 3.63) is 17.0 Å². The highest BCUT2D eigenvalue weighted by molar-refractivity contribution is 5.24. The molecule has 0 aliphatic rings. The Kier molecular flexibility index (Phi) is 4.92. The lowest BCUT2D eigenvalue weighted by atomic mass is 10.0. The molecule has 0 aromatic carbocycles. The molecule has 1 aromatic rings. The summed E-state index contributed by atoms with van der Waals surface area (Å²) in [6.45, 7) is 4.77. The van der Waals surface area contributed by atoms with Gasteiger partial charge in [0, 0.05) is 25.9 Å². The maximum Gasteiger partial charge on any atom is 0.0629 e. The van der Waals surface area contributed by atoms with Crippen molar-refractivity contribution < 1.29 is 4.74 Å². The molecule has 0 spiro atoms. The molecule has 0 fully saturated rings. The number of hydrogen-bond acceptors (Lipinski definition) is 4. The van der Waals surface area contributed by atoms with Gasteiger partial charge in [-0.15, -0.1) is 0 Å². The third kappa shape index (κ3) is 3.04. The number of ether oxygens (including phenoxy) is 1. The minimum Gasteiger partial charge on any atom is -0.383 e. The quantitative estimate of drug-likeness (QED) is 0.546. The Morgan fingerprint density at radius 2 is 2.19 bits per heavy atom. The molecule has 3 N–H and O–H groups in total. The Morgan fingerprint density at radius 1 is 1.50 bits per heavy atom. The van der Waals surface area contributed by atoms with Crippen molar-refractivity contribution in [1.29, 1.82) is 0 Å². The first-order chi connectivity index (χ1) is 7.60. The summed E-state index contributed by atoms with van der Waals surface area (Å²) in [5.74, 6) is 5.45. The third-order valence-electron chi connectivity index (χ3n) is 3.01. The second-order valence-electron chi connectivity index (χ2n) is 4.13. The molecule has 0 amide bonds. The van der Waals surface area contributed by atoms with E-state index in [1.165, 1.54) is 11.3 Å². The van der Waals surface area contributed by atoms with E-state index in [1.54, 1.807) is 7.11 Å². The summed E-state index contributed by atoms with van der Waals surface area (Å²) in [4.78, 5) is 0. The van der Waals surface area contributed by atoms with E-state index in [0.29, 0.717) is 6.61 Å². The fourth-order valence-electron chi connectivity index (χ4n) is 1.91. The predicted octanol–water partition coefficient (Wildman–Crippen LogP) is 0.448. The number of nitrogens with two attached hydrogens (primary N) is 1. The van der Waals surface area contributed by atoms with Crippen LogP contribution in [-0.4, -0.2) is 29.5 Å². The smallest absolute Gasteiger partial charge is 0.0629 e. The SMILES string of the molecule is COCC(CCc1c(C)nn(C)c1C)NN. The molecule has 0 bridgehead atoms. The largest absolute Gasteiger partial charge is 0.383 e. The molecule has 0 aliphatic heterocycles. The topological polar surface area (TPSA) is 65.1 Å². The molecule has 5 heteroatoms. The van der Waals surface area contributed by atoms with E-state index < -0.39 is 0 Å². The van der Waals surface area contributed by atoms with Crippen LogP contribution >= 0.6 is 0 Å². The van der Waals surface area contributed by atoms with Crippen LogP contribution in [0.4, 0.5) is 0 Å². The van der Waals surface area contributed by atoms with Gasteiger partial charge in [0.15, 0.2) is 0 Å². The van der Waals surface area contributed by atoms with Crippen LogP contribution in [0.1, 0.15) is 23.4 Å². The number of rotatable bonds is 6. The van der Waals surface area contributed by atoms with Gasteiger partial charge < -0.3 is 4.74 Å². The molecule has 1 rings (SSSR count). The first kappa shape index (κ1) is 13.2. The Morgan fingerprint density at radius 3 is 2.62 bits per heavy atom. The van der Waals surface area contributed by atoms with Crippen molar-refractivity contribution >= 4 is 0 Å². The summed E-state index contributed by atoms with van der Waals surface area (Å²) in [5.41, 5.74) is 6.42. The highest BCUT2D eigenvalue weighted by Crippen LogP contribution is 2.14. The predicted molar refractivity (Wildman–Crippen MR) is 64.0 cm³/mol. The molecule has 0 aliphatic carbocycles. The van der Waals surface area contributed by atoms with E-state index in [4.69, 9.17) is 10.6 Å². The summed E-state index contributed by atoms with van der Waals surface area (Å²) in [5, 5.41) is 4.39. The highest BCUT2D eigenvalue weighted by atomic mass is 16.5. The van der Waals surface area contributed by atoms with Crippen molar-refractivity contribution in [1.82, 2.24) is 15.2 Å². The Bertz CT molecular complexity index is 335. The van der Waals surface area contributed by atoms with Crippen LogP contribution in [0.2, 0.25) is 0 Å². The van der Waals surface area contributed by atoms with Crippen LogP contribution in [0.5, 0.6) is 0 Å². The van der Waals surface area contributed by atoms with Gasteiger partial charge >= 0.3 is 0 Å². The molecule has 1 unspecified atom stereocenters. The third-order valence-corrected chi connectivity index (χ3v) is 3.01. The van der Waals surface area contributed by atoms with Crippen LogP contribution in [0.15, 0.2) is 0 Å². The molecule has 1 atom stereocenters. The van der Waals surface area contributed by atoms with Crippen molar-refractivity contribution in [3.8, 4) is 0 Å². The Hall–Kier alpha value is -0.910. The number of hydrogen-bond donors (Lipinski definition) is 2. The van der Waals surface area contributed by atoms with Gasteiger partial charge in [-0.05, 0) is 32.3 Å². The fraction of sp³-hybridized carbons (Fsp3) is 0.727. The van der Waals surface area contributed by atoms with Crippen LogP contribution in [-0.2, 0) is 18.2 Å². The minimum absolute atomic E-state index is 0.198. The normalized spacial score (nSPS) is 13.1. The van der Waals surface area contributed by atoms with E-state index in [9.17, 15) is 0 Å². The Balaban J connectivity index is 2.59. The maximum atomic E-state index is 5.45. The van der Waals surface area contributed by atoms with E-state index in [-0.39, 0.29) is 6.04 Å². The number of nitrogens with zero attached hydrogens (tertiary/aromatic N) is 2. The molecule has 5 nitrogen and oxygen atoms in total. The molecule has 92 valence electrons. The molecule has 16 heavy (non-hydrogen) atoms. The lowest BCUT2D eigenvalue weighted by Gasteiger charge is -2.14. The van der Waals surface area contributed by atoms with Gasteiger partial charge in [-0.2, -0.15) is 5.10 Å². The molecule has 1 aromatic heterocycles. The first-order valence-electron chi connectivity index (χ1n) is 5.54. The lowest BCUT2D eigenvalue weighted by molar-refractivity contribution is 0.163. The second-order valence-corrected chi connectivity index (χ2v) is 4.13. The summed E-state index contributed by atoms with van der Waals surface area (Å²) in [6, 6.07) is 0.198. The molecule has 1 heterocycles. The highest BCUT2D eigenvalue weighted by Gasteiger charge is 2.12. The first-order valence-corrected chi connectivity index (χ1v) is 5.54. The summed E-state index contributed by atoms with van der Waals surface area (Å²) in [7, 11) is 3.66. The van der Waals surface area contributed by atoms with E-state index in [1.807, 2.05) is 18.7 Å². The van der Waals surface area contributed by atoms with Crippen molar-refractivity contribution in [3.63, 3.8) is 0 Å². The molecular weight excluding hydrogens is 204 g/mol. The van der Waals surface area contributed by atoms with Gasteiger partial charge in [-0.25, -0.2) is 0 Å². The molecule has 0 radical (unpaired) electrons. The van der Waals surface area contributed by atoms with Gasteiger partial charge in [-0.1, -0.05) is 0 Å². The monoisotopic (exact) mass is 226 g/mol. The van der Waals surface area contributed by atoms with Crippen molar-refractivity contribution in [2.24, 2.45) is 12.9 Å². The van der Waals surface area contributed by atoms with Gasteiger partial charge in [0.2, 0.25) is 0 Å². The van der Waals surface area contributed by atoms with Crippen molar-refractivity contribution in [2.75, 3.05) is 13.7 Å². The van der Waals surface area contributed by atoms with Gasteiger partial charge in [0.1, 0.15) is 0 Å². The Labute approximate surface area is 96.9 Å². The van der Waals surface area contributed by atoms with Gasteiger partial charge in [0.25, 0.3) is 0 Å². The van der Waals surface area contributed by atoms with Crippen LogP contribution in [0.3, 0.4) is 0 Å². The van der Waals surface area contributed by atoms with E-state index in [0.717, 1.165) is 18.5 Å². The average Bonchev–Trinajstić information content (AvgIpc) is 2.49. The van der Waals surface area contributed by atoms with Crippen LogP contribution in [0.25, 0.3) is 0 Å². The molecule has 0 saturated carbocycles. The van der Waals surface area contributed by atoms with Crippen molar-refractivity contribution in [2.45, 2.75) is 32.7 Å². The molecular formula is C11H22N4O. The zero-order valence-corrected chi connectivity index (χ0v) is 10.6. The number of methoxy groups -OCH3 is 1. The van der Waals surface area contributed by atoms with Gasteiger partial charge in [0.05, 0.1) is 12.3 Å². The number of aryl methyl sites for hydroxylation is 2. The minimum atomic E-state index is 0.198. The average molecular weight is 226 g/mol. The number of aromatic nitrogens is 2. The van der Waals surface area contributed by atoms with Crippen LogP contribution in [0, 0.1) is 13.8 Å². The summed E-state index contributed by atoms with van der Waals surface area (Å²) in [6.07, 6.45) is 1.93. The van der Waals surface area contributed by atoms with Crippen LogP contribution < -0.4 is 11.3 Å². The standard InChI is InChI=1S/C11H22N4O/c1-8-11(9(2)15(3)14-8)6-5-10(13-12)7-16-4/h10,13H,5-7,12H2,1-4H3. The lowest BCUT2D eigenvalue weighted by Crippen LogP contribution is -2.38. The zero-order chi connectivity index (χ0) is 12.1. The fourth-order valence-corrected chi connectivity index (χ4v) is 1.91. The van der Waals surface area contributed by atoms with E-state index in [2.05, 4.69) is 17.4 Å². The molecule has 0 saturated heterocycles.